The van der Waals surface area contributed by atoms with Crippen LogP contribution in [-0.2, 0) is 11.2 Å². The van der Waals surface area contributed by atoms with Crippen LogP contribution in [0.2, 0.25) is 0 Å². The molecule has 24 heavy (non-hydrogen) atoms. The lowest BCUT2D eigenvalue weighted by Crippen LogP contribution is -2.49. The van der Waals surface area contributed by atoms with Gasteiger partial charge in [-0.1, -0.05) is 44.2 Å². The van der Waals surface area contributed by atoms with Crippen LogP contribution >= 0.6 is 0 Å². The van der Waals surface area contributed by atoms with Crippen LogP contribution < -0.4 is 10.9 Å². The number of amides is 1. The number of hydrogen-bond acceptors (Lipinski definition) is 3. The summed E-state index contributed by atoms with van der Waals surface area (Å²) < 4.78 is 0. The van der Waals surface area contributed by atoms with Gasteiger partial charge in [-0.15, -0.1) is 0 Å². The molecule has 4 nitrogen and oxygen atoms in total. The number of hydrogen-bond donors (Lipinski definition) is 2. The van der Waals surface area contributed by atoms with Gasteiger partial charge in [-0.25, -0.2) is 5.43 Å². The van der Waals surface area contributed by atoms with Crippen LogP contribution in [0.5, 0.6) is 0 Å². The molecule has 0 radical (unpaired) electrons. The summed E-state index contributed by atoms with van der Waals surface area (Å²) in [6.45, 7) is 6.25. The number of carbonyl (C=O) groups is 1. The SMILES string of the molecule is CC(C)C1CC(C(=O)N2CCCC(CCc3ccccc3)C2)NN1. The largest absolute Gasteiger partial charge is 0.341 e. The van der Waals surface area contributed by atoms with Crippen molar-refractivity contribution < 1.29 is 4.79 Å². The highest BCUT2D eigenvalue weighted by molar-refractivity contribution is 5.82. The molecule has 1 aromatic carbocycles. The summed E-state index contributed by atoms with van der Waals surface area (Å²) in [6, 6.07) is 11.0. The minimum atomic E-state index is -0.0507. The van der Waals surface area contributed by atoms with E-state index in [0.29, 0.717) is 17.9 Å². The molecule has 1 amide bonds. The summed E-state index contributed by atoms with van der Waals surface area (Å²) in [5.74, 6) is 1.48. The third-order valence-corrected chi connectivity index (χ3v) is 5.55. The summed E-state index contributed by atoms with van der Waals surface area (Å²) in [5.41, 5.74) is 7.91. The first-order valence-corrected chi connectivity index (χ1v) is 9.47. The second kappa shape index (κ2) is 8.13. The number of benzene rings is 1. The maximum atomic E-state index is 12.8. The lowest BCUT2D eigenvalue weighted by molar-refractivity contribution is -0.135. The number of nitrogens with zero attached hydrogens (tertiary/aromatic N) is 1. The molecule has 2 fully saturated rings. The fourth-order valence-electron chi connectivity index (χ4n) is 3.92. The van der Waals surface area contributed by atoms with Gasteiger partial charge in [-0.05, 0) is 49.5 Å². The van der Waals surface area contributed by atoms with E-state index in [1.807, 2.05) is 0 Å². The Hall–Kier alpha value is -1.39. The second-order valence-electron chi connectivity index (χ2n) is 7.74. The summed E-state index contributed by atoms with van der Waals surface area (Å²) in [5, 5.41) is 0. The summed E-state index contributed by atoms with van der Waals surface area (Å²) in [7, 11) is 0. The molecule has 3 rings (SSSR count). The zero-order valence-corrected chi connectivity index (χ0v) is 15.0. The first kappa shape index (κ1) is 17.4. The van der Waals surface area contributed by atoms with Crippen LogP contribution in [0.3, 0.4) is 0 Å². The third-order valence-electron chi connectivity index (χ3n) is 5.55. The standard InChI is InChI=1S/C20H31N3O/c1-15(2)18-13-19(22-21-18)20(24)23-12-6-9-17(14-23)11-10-16-7-4-3-5-8-16/h3-5,7-8,15,17-19,21-22H,6,9-14H2,1-2H3. The zero-order chi connectivity index (χ0) is 16.9. The molecule has 4 heteroatoms. The van der Waals surface area contributed by atoms with E-state index in [-0.39, 0.29) is 11.9 Å². The molecule has 0 bridgehead atoms. The Balaban J connectivity index is 1.49. The third kappa shape index (κ3) is 4.37. The van der Waals surface area contributed by atoms with Gasteiger partial charge in [0.05, 0.1) is 0 Å². The molecule has 2 heterocycles. The van der Waals surface area contributed by atoms with Gasteiger partial charge in [0.2, 0.25) is 5.91 Å². The molecule has 3 unspecified atom stereocenters. The van der Waals surface area contributed by atoms with Crippen LogP contribution in [-0.4, -0.2) is 36.0 Å². The molecule has 2 N–H and O–H groups in total. The zero-order valence-electron chi connectivity index (χ0n) is 15.0. The lowest BCUT2D eigenvalue weighted by Gasteiger charge is -2.34. The molecular weight excluding hydrogens is 298 g/mol. The van der Waals surface area contributed by atoms with Crippen molar-refractivity contribution in [2.45, 2.75) is 58.0 Å². The maximum absolute atomic E-state index is 12.8. The van der Waals surface area contributed by atoms with Crippen LogP contribution in [0, 0.1) is 11.8 Å². The topological polar surface area (TPSA) is 44.4 Å². The number of likely N-dealkylation sites (tertiary alicyclic amines) is 1. The summed E-state index contributed by atoms with van der Waals surface area (Å²) >= 11 is 0. The lowest BCUT2D eigenvalue weighted by atomic mass is 9.91. The predicted molar refractivity (Wildman–Crippen MR) is 97.4 cm³/mol. The number of rotatable bonds is 5. The highest BCUT2D eigenvalue weighted by Gasteiger charge is 2.34. The average molecular weight is 329 g/mol. The van der Waals surface area contributed by atoms with E-state index in [9.17, 15) is 4.79 Å². The second-order valence-corrected chi connectivity index (χ2v) is 7.74. The van der Waals surface area contributed by atoms with E-state index in [4.69, 9.17) is 0 Å². The van der Waals surface area contributed by atoms with E-state index in [1.165, 1.54) is 18.4 Å². The van der Waals surface area contributed by atoms with E-state index in [2.05, 4.69) is 59.9 Å². The van der Waals surface area contributed by atoms with Crippen molar-refractivity contribution in [1.82, 2.24) is 15.8 Å². The van der Waals surface area contributed by atoms with E-state index in [0.717, 1.165) is 32.4 Å². The minimum absolute atomic E-state index is 0.0507. The molecular formula is C20H31N3O. The molecule has 2 aliphatic heterocycles. The number of hydrazine groups is 1. The van der Waals surface area contributed by atoms with Crippen LogP contribution in [0.1, 0.15) is 45.1 Å². The van der Waals surface area contributed by atoms with Crippen LogP contribution in [0.15, 0.2) is 30.3 Å². The number of piperidine rings is 1. The normalized spacial score (nSPS) is 27.6. The predicted octanol–water partition coefficient (Wildman–Crippen LogP) is 2.75. The van der Waals surface area contributed by atoms with Gasteiger partial charge in [0.1, 0.15) is 6.04 Å². The van der Waals surface area contributed by atoms with Crippen molar-refractivity contribution in [2.75, 3.05) is 13.1 Å². The van der Waals surface area contributed by atoms with Crippen LogP contribution in [0.25, 0.3) is 0 Å². The molecule has 0 aromatic heterocycles. The van der Waals surface area contributed by atoms with Crippen molar-refractivity contribution in [3.05, 3.63) is 35.9 Å². The first-order chi connectivity index (χ1) is 11.6. The van der Waals surface area contributed by atoms with Crippen LogP contribution in [0.4, 0.5) is 0 Å². The summed E-state index contributed by atoms with van der Waals surface area (Å²) in [6.07, 6.45) is 5.59. The highest BCUT2D eigenvalue weighted by Crippen LogP contribution is 2.23. The monoisotopic (exact) mass is 329 g/mol. The highest BCUT2D eigenvalue weighted by atomic mass is 16.2. The van der Waals surface area contributed by atoms with Gasteiger partial charge in [0, 0.05) is 19.1 Å². The molecule has 132 valence electrons. The Morgan fingerprint density at radius 1 is 1.25 bits per heavy atom. The average Bonchev–Trinajstić information content (AvgIpc) is 3.11. The van der Waals surface area contributed by atoms with E-state index >= 15 is 0 Å². The smallest absolute Gasteiger partial charge is 0.241 e. The van der Waals surface area contributed by atoms with Gasteiger partial charge in [-0.3, -0.25) is 10.2 Å². The van der Waals surface area contributed by atoms with Gasteiger partial charge in [0.15, 0.2) is 0 Å². The van der Waals surface area contributed by atoms with Gasteiger partial charge in [0.25, 0.3) is 0 Å². The van der Waals surface area contributed by atoms with Crippen molar-refractivity contribution >= 4 is 5.91 Å². The van der Waals surface area contributed by atoms with Gasteiger partial charge < -0.3 is 4.90 Å². The molecule has 3 atom stereocenters. The van der Waals surface area contributed by atoms with E-state index in [1.54, 1.807) is 0 Å². The Bertz CT molecular complexity index is 531. The van der Waals surface area contributed by atoms with Crippen molar-refractivity contribution in [3.63, 3.8) is 0 Å². The molecule has 2 aliphatic rings. The maximum Gasteiger partial charge on any atom is 0.241 e. The summed E-state index contributed by atoms with van der Waals surface area (Å²) in [4.78, 5) is 14.9. The Morgan fingerprint density at radius 3 is 2.75 bits per heavy atom. The van der Waals surface area contributed by atoms with Crippen molar-refractivity contribution in [1.29, 1.82) is 0 Å². The number of nitrogens with one attached hydrogen (secondary N) is 2. The fraction of sp³-hybridized carbons (Fsp3) is 0.650. The molecule has 0 spiro atoms. The van der Waals surface area contributed by atoms with Gasteiger partial charge in [-0.2, -0.15) is 0 Å². The molecule has 2 saturated heterocycles. The first-order valence-electron chi connectivity index (χ1n) is 9.47. The number of carbonyl (C=O) groups excluding carboxylic acids is 1. The Labute approximate surface area is 146 Å². The Kier molecular flexibility index (Phi) is 5.90. The van der Waals surface area contributed by atoms with E-state index < -0.39 is 0 Å². The minimum Gasteiger partial charge on any atom is -0.341 e. The molecule has 1 aromatic rings. The van der Waals surface area contributed by atoms with Crippen molar-refractivity contribution in [2.24, 2.45) is 11.8 Å². The quantitative estimate of drug-likeness (QED) is 0.873. The Morgan fingerprint density at radius 2 is 2.04 bits per heavy atom. The van der Waals surface area contributed by atoms with Crippen molar-refractivity contribution in [3.8, 4) is 0 Å². The fourth-order valence-corrected chi connectivity index (χ4v) is 3.92. The van der Waals surface area contributed by atoms with Gasteiger partial charge >= 0.3 is 0 Å². The molecule has 0 aliphatic carbocycles. The molecule has 0 saturated carbocycles. The number of aryl methyl sites for hydroxylation is 1.